The van der Waals surface area contributed by atoms with Crippen molar-refractivity contribution in [1.29, 1.82) is 0 Å². The van der Waals surface area contributed by atoms with E-state index in [1.165, 1.54) is 0 Å². The molecule has 0 spiro atoms. The third-order valence-corrected chi connectivity index (χ3v) is 4.30. The highest BCUT2D eigenvalue weighted by Crippen LogP contribution is 2.33. The van der Waals surface area contributed by atoms with Crippen LogP contribution in [0.2, 0.25) is 10.0 Å². The molecule has 2 N–H and O–H groups in total. The number of ether oxygens (including phenoxy) is 2. The van der Waals surface area contributed by atoms with E-state index in [4.69, 9.17) is 44.9 Å². The third kappa shape index (κ3) is 6.95. The van der Waals surface area contributed by atoms with E-state index in [1.54, 1.807) is 18.3 Å². The Kier molecular flexibility index (Phi) is 8.71. The molecule has 1 saturated heterocycles. The van der Waals surface area contributed by atoms with E-state index in [9.17, 15) is 0 Å². The van der Waals surface area contributed by atoms with Crippen LogP contribution in [0.5, 0.6) is 5.75 Å². The molecule has 0 amide bonds. The van der Waals surface area contributed by atoms with Crippen molar-refractivity contribution in [3.8, 4) is 5.75 Å². The molecule has 1 aliphatic heterocycles. The summed E-state index contributed by atoms with van der Waals surface area (Å²) < 4.78 is 10.7. The van der Waals surface area contributed by atoms with Gasteiger partial charge in [-0.2, -0.15) is 5.10 Å². The lowest BCUT2D eigenvalue weighted by molar-refractivity contribution is 0.0389. The van der Waals surface area contributed by atoms with Crippen molar-refractivity contribution in [3.05, 3.63) is 27.7 Å². The lowest BCUT2D eigenvalue weighted by Crippen LogP contribution is -2.42. The maximum atomic E-state index is 6.15. The van der Waals surface area contributed by atoms with Crippen LogP contribution in [0.3, 0.4) is 0 Å². The fourth-order valence-electron chi connectivity index (χ4n) is 2.29. The Hall–Kier alpha value is -1.12. The van der Waals surface area contributed by atoms with E-state index in [2.05, 4.69) is 20.7 Å². The maximum Gasteiger partial charge on any atom is 0.187 e. The van der Waals surface area contributed by atoms with E-state index in [-0.39, 0.29) is 0 Å². The standard InChI is InChI=1S/C16H22Cl2N4O2S/c1-2-24-15-13(17)9-12(10-14(15)18)11-20-21-16(25)19-3-4-22-5-7-23-8-6-22/h9-11H,2-8H2,1H3,(H2,19,21,25)/b20-11+. The van der Waals surface area contributed by atoms with Gasteiger partial charge in [0.1, 0.15) is 0 Å². The Morgan fingerprint density at radius 3 is 2.68 bits per heavy atom. The second-order valence-electron chi connectivity index (χ2n) is 5.33. The summed E-state index contributed by atoms with van der Waals surface area (Å²) in [6.45, 7) is 7.54. The molecular weight excluding hydrogens is 383 g/mol. The molecule has 0 aliphatic carbocycles. The number of hydrogen-bond donors (Lipinski definition) is 2. The third-order valence-electron chi connectivity index (χ3n) is 3.51. The number of hydrazone groups is 1. The number of morpholine rings is 1. The van der Waals surface area contributed by atoms with Gasteiger partial charge < -0.3 is 14.8 Å². The highest BCUT2D eigenvalue weighted by atomic mass is 35.5. The summed E-state index contributed by atoms with van der Waals surface area (Å²) in [6, 6.07) is 3.47. The number of hydrogen-bond acceptors (Lipinski definition) is 5. The van der Waals surface area contributed by atoms with Crippen molar-refractivity contribution in [2.75, 3.05) is 46.0 Å². The molecule has 0 bridgehead atoms. The Morgan fingerprint density at radius 2 is 2.04 bits per heavy atom. The van der Waals surface area contributed by atoms with Crippen molar-refractivity contribution in [1.82, 2.24) is 15.6 Å². The maximum absolute atomic E-state index is 6.15. The van der Waals surface area contributed by atoms with E-state index >= 15 is 0 Å². The molecule has 1 fully saturated rings. The highest BCUT2D eigenvalue weighted by molar-refractivity contribution is 7.80. The van der Waals surface area contributed by atoms with Gasteiger partial charge in [-0.3, -0.25) is 10.3 Å². The summed E-state index contributed by atoms with van der Waals surface area (Å²) in [4.78, 5) is 2.33. The molecule has 0 aromatic heterocycles. The first-order chi connectivity index (χ1) is 12.1. The van der Waals surface area contributed by atoms with Crippen LogP contribution in [0.4, 0.5) is 0 Å². The highest BCUT2D eigenvalue weighted by Gasteiger charge is 2.10. The topological polar surface area (TPSA) is 58.1 Å². The van der Waals surface area contributed by atoms with Gasteiger partial charge in [-0.25, -0.2) is 0 Å². The second-order valence-corrected chi connectivity index (χ2v) is 6.55. The van der Waals surface area contributed by atoms with Crippen LogP contribution < -0.4 is 15.5 Å². The van der Waals surface area contributed by atoms with Crippen molar-refractivity contribution >= 4 is 46.7 Å². The smallest absolute Gasteiger partial charge is 0.187 e. The van der Waals surface area contributed by atoms with Crippen molar-refractivity contribution in [2.24, 2.45) is 5.10 Å². The predicted molar refractivity (Wildman–Crippen MR) is 106 cm³/mol. The second kappa shape index (κ2) is 10.8. The molecule has 0 atom stereocenters. The van der Waals surface area contributed by atoms with Crippen molar-refractivity contribution in [2.45, 2.75) is 6.92 Å². The lowest BCUT2D eigenvalue weighted by Gasteiger charge is -2.26. The summed E-state index contributed by atoms with van der Waals surface area (Å²) in [5, 5.41) is 8.57. The van der Waals surface area contributed by atoms with Gasteiger partial charge in [-0.05, 0) is 36.8 Å². The zero-order valence-electron chi connectivity index (χ0n) is 14.1. The van der Waals surface area contributed by atoms with E-state index in [0.717, 1.165) is 45.0 Å². The Balaban J connectivity index is 1.75. The first-order valence-electron chi connectivity index (χ1n) is 8.09. The summed E-state index contributed by atoms with van der Waals surface area (Å²) in [6.07, 6.45) is 1.60. The molecule has 1 aromatic rings. The number of rotatable bonds is 7. The minimum absolute atomic E-state index is 0.446. The number of benzene rings is 1. The lowest BCUT2D eigenvalue weighted by atomic mass is 10.2. The number of thiocarbonyl (C=S) groups is 1. The van der Waals surface area contributed by atoms with Crippen LogP contribution in [0.15, 0.2) is 17.2 Å². The zero-order chi connectivity index (χ0) is 18.1. The SMILES string of the molecule is CCOc1c(Cl)cc(/C=N/NC(=S)NCCN2CCOCC2)cc1Cl. The fourth-order valence-corrected chi connectivity index (χ4v) is 3.06. The van der Waals surface area contributed by atoms with E-state index in [1.807, 2.05) is 6.92 Å². The molecule has 2 rings (SSSR count). The average Bonchev–Trinajstić information content (AvgIpc) is 2.59. The van der Waals surface area contributed by atoms with Crippen LogP contribution in [0.1, 0.15) is 12.5 Å². The molecule has 25 heavy (non-hydrogen) atoms. The number of nitrogens with one attached hydrogen (secondary N) is 2. The Morgan fingerprint density at radius 1 is 1.36 bits per heavy atom. The molecular formula is C16H22Cl2N4O2S. The van der Waals surface area contributed by atoms with Gasteiger partial charge in [-0.1, -0.05) is 23.2 Å². The van der Waals surface area contributed by atoms with Gasteiger partial charge in [0.2, 0.25) is 0 Å². The van der Waals surface area contributed by atoms with Crippen LogP contribution in [-0.2, 0) is 4.74 Å². The molecule has 1 heterocycles. The van der Waals surface area contributed by atoms with E-state index in [0.29, 0.717) is 27.5 Å². The molecule has 0 radical (unpaired) electrons. The number of halogens is 2. The number of nitrogens with zero attached hydrogens (tertiary/aromatic N) is 2. The molecule has 138 valence electrons. The molecule has 0 saturated carbocycles. The monoisotopic (exact) mass is 404 g/mol. The summed E-state index contributed by atoms with van der Waals surface area (Å²) in [5.41, 5.74) is 3.53. The fraction of sp³-hybridized carbons (Fsp3) is 0.500. The molecule has 1 aliphatic rings. The van der Waals surface area contributed by atoms with Gasteiger partial charge in [0, 0.05) is 26.2 Å². The van der Waals surface area contributed by atoms with Crippen molar-refractivity contribution < 1.29 is 9.47 Å². The largest absolute Gasteiger partial charge is 0.491 e. The molecule has 1 aromatic carbocycles. The quantitative estimate of drug-likeness (QED) is 0.413. The van der Waals surface area contributed by atoms with Gasteiger partial charge in [0.15, 0.2) is 10.9 Å². The van der Waals surface area contributed by atoms with Crippen LogP contribution in [0.25, 0.3) is 0 Å². The normalized spacial score (nSPS) is 15.3. The summed E-state index contributed by atoms with van der Waals surface area (Å²) in [7, 11) is 0. The van der Waals surface area contributed by atoms with Gasteiger partial charge in [-0.15, -0.1) is 0 Å². The first kappa shape index (κ1) is 20.2. The minimum Gasteiger partial charge on any atom is -0.491 e. The average molecular weight is 405 g/mol. The Bertz CT molecular complexity index is 587. The summed E-state index contributed by atoms with van der Waals surface area (Å²) >= 11 is 17.5. The van der Waals surface area contributed by atoms with Gasteiger partial charge in [0.25, 0.3) is 0 Å². The van der Waals surface area contributed by atoms with Crippen molar-refractivity contribution in [3.63, 3.8) is 0 Å². The predicted octanol–water partition coefficient (Wildman–Crippen LogP) is 2.52. The summed E-state index contributed by atoms with van der Waals surface area (Å²) in [5.74, 6) is 0.483. The van der Waals surface area contributed by atoms with Crippen LogP contribution in [0, 0.1) is 0 Å². The molecule has 6 nitrogen and oxygen atoms in total. The molecule has 9 heteroatoms. The minimum atomic E-state index is 0.446. The van der Waals surface area contributed by atoms with Crippen LogP contribution in [-0.4, -0.2) is 62.2 Å². The Labute approximate surface area is 163 Å². The zero-order valence-corrected chi connectivity index (χ0v) is 16.4. The first-order valence-corrected chi connectivity index (χ1v) is 9.25. The van der Waals surface area contributed by atoms with Gasteiger partial charge in [0.05, 0.1) is 36.1 Å². The van der Waals surface area contributed by atoms with Gasteiger partial charge >= 0.3 is 0 Å². The molecule has 0 unspecified atom stereocenters. The van der Waals surface area contributed by atoms with Crippen LogP contribution >= 0.6 is 35.4 Å². The van der Waals surface area contributed by atoms with E-state index < -0.39 is 0 Å².